The molecular weight excluding hydrogens is 536 g/mol. The molecule has 1 aliphatic rings. The lowest BCUT2D eigenvalue weighted by Crippen LogP contribution is -2.40. The second-order valence-electron chi connectivity index (χ2n) is 9.13. The van der Waals surface area contributed by atoms with Gasteiger partial charge in [-0.3, -0.25) is 9.36 Å². The number of aromatic nitrogens is 1. The zero-order valence-corrected chi connectivity index (χ0v) is 23.6. The van der Waals surface area contributed by atoms with E-state index in [-0.39, 0.29) is 23.8 Å². The fourth-order valence-electron chi connectivity index (χ4n) is 4.27. The predicted octanol–water partition coefficient (Wildman–Crippen LogP) is 3.06. The molecule has 2 heterocycles. The van der Waals surface area contributed by atoms with E-state index in [0.717, 1.165) is 0 Å². The number of hydrogen-bond acceptors (Lipinski definition) is 9. The number of carbonyl (C=O) groups excluding carboxylic acids is 1. The van der Waals surface area contributed by atoms with Gasteiger partial charge in [-0.25, -0.2) is 14.6 Å². The monoisotopic (exact) mass is 566 g/mol. The van der Waals surface area contributed by atoms with Crippen molar-refractivity contribution in [2.45, 2.75) is 39.8 Å². The van der Waals surface area contributed by atoms with Gasteiger partial charge >= 0.3 is 11.9 Å². The van der Waals surface area contributed by atoms with Crippen LogP contribution in [0.1, 0.15) is 44.9 Å². The molecule has 0 saturated carbocycles. The first-order valence-corrected chi connectivity index (χ1v) is 13.4. The second-order valence-corrected chi connectivity index (χ2v) is 10.1. The molecule has 40 heavy (non-hydrogen) atoms. The fourth-order valence-corrected chi connectivity index (χ4v) is 5.32. The third kappa shape index (κ3) is 6.09. The number of thiazole rings is 1. The lowest BCUT2D eigenvalue weighted by atomic mass is 9.95. The molecule has 1 N–H and O–H groups in total. The minimum absolute atomic E-state index is 0.0764. The van der Waals surface area contributed by atoms with Crippen LogP contribution in [0.25, 0.3) is 6.08 Å². The van der Waals surface area contributed by atoms with Crippen LogP contribution in [-0.4, -0.2) is 48.0 Å². The van der Waals surface area contributed by atoms with Crippen LogP contribution in [-0.2, 0) is 14.3 Å². The molecule has 0 spiro atoms. The van der Waals surface area contributed by atoms with Crippen LogP contribution in [0.2, 0.25) is 0 Å². The molecule has 0 bridgehead atoms. The quantitative estimate of drug-likeness (QED) is 0.371. The Morgan fingerprint density at radius 1 is 1.15 bits per heavy atom. The highest BCUT2D eigenvalue weighted by molar-refractivity contribution is 7.07. The molecule has 11 heteroatoms. The Bertz CT molecular complexity index is 1630. The number of aliphatic carboxylic acids is 1. The molecule has 2 aromatic carbocycles. The van der Waals surface area contributed by atoms with E-state index >= 15 is 0 Å². The van der Waals surface area contributed by atoms with Gasteiger partial charge in [0.2, 0.25) is 0 Å². The van der Waals surface area contributed by atoms with Crippen LogP contribution in [0.3, 0.4) is 0 Å². The van der Waals surface area contributed by atoms with Gasteiger partial charge in [0, 0.05) is 0 Å². The first-order chi connectivity index (χ1) is 19.1. The Kier molecular flexibility index (Phi) is 8.73. The van der Waals surface area contributed by atoms with Crippen molar-refractivity contribution in [2.24, 2.45) is 4.99 Å². The number of carbonyl (C=O) groups is 2. The highest BCUT2D eigenvalue weighted by Crippen LogP contribution is 2.36. The van der Waals surface area contributed by atoms with Gasteiger partial charge in [0.05, 0.1) is 41.7 Å². The van der Waals surface area contributed by atoms with Crippen LogP contribution in [0.4, 0.5) is 0 Å². The number of carboxylic acid groups (broad SMARTS) is 1. The third-order valence-corrected chi connectivity index (χ3v) is 6.91. The van der Waals surface area contributed by atoms with E-state index in [1.807, 2.05) is 13.8 Å². The Hall–Kier alpha value is -4.38. The summed E-state index contributed by atoms with van der Waals surface area (Å²) in [5.41, 5.74) is 1.74. The van der Waals surface area contributed by atoms with E-state index in [0.29, 0.717) is 43.4 Å². The van der Waals surface area contributed by atoms with E-state index in [9.17, 15) is 14.4 Å². The van der Waals surface area contributed by atoms with Crippen molar-refractivity contribution in [2.75, 3.05) is 20.3 Å². The number of rotatable bonds is 10. The standard InChI is InChI=1S/C29H30N2O8S/c1-6-37-28(35)25-17(4)30-29-31(26(25)19-9-12-21(39-16(2)3)22(14-19)36-5)27(34)23(40-29)13-18-7-10-20(11-8-18)38-15-24(32)33/h7-14,16,26H,6,15H2,1-5H3,(H,32,33)/b23-13-/t26-/m1/s1. The minimum Gasteiger partial charge on any atom is -0.493 e. The topological polar surface area (TPSA) is 126 Å². The van der Waals surface area contributed by atoms with E-state index in [2.05, 4.69) is 4.99 Å². The van der Waals surface area contributed by atoms with Crippen LogP contribution >= 0.6 is 11.3 Å². The molecule has 0 fully saturated rings. The van der Waals surface area contributed by atoms with Crippen molar-refractivity contribution in [3.63, 3.8) is 0 Å². The highest BCUT2D eigenvalue weighted by atomic mass is 32.1. The molecule has 0 aliphatic carbocycles. The summed E-state index contributed by atoms with van der Waals surface area (Å²) < 4.78 is 23.9. The largest absolute Gasteiger partial charge is 0.493 e. The van der Waals surface area contributed by atoms with Gasteiger partial charge in [-0.15, -0.1) is 0 Å². The number of carboxylic acids is 1. The average Bonchev–Trinajstić information content (AvgIpc) is 3.21. The maximum Gasteiger partial charge on any atom is 0.341 e. The summed E-state index contributed by atoms with van der Waals surface area (Å²) >= 11 is 1.20. The average molecular weight is 567 g/mol. The summed E-state index contributed by atoms with van der Waals surface area (Å²) in [6, 6.07) is 11.2. The summed E-state index contributed by atoms with van der Waals surface area (Å²) in [5, 5.41) is 8.80. The molecule has 10 nitrogen and oxygen atoms in total. The summed E-state index contributed by atoms with van der Waals surface area (Å²) in [5.74, 6) is -0.216. The number of nitrogens with zero attached hydrogens (tertiary/aromatic N) is 2. The lowest BCUT2D eigenvalue weighted by molar-refractivity contribution is -0.140. The van der Waals surface area contributed by atoms with E-state index < -0.39 is 24.6 Å². The Labute approximate surface area is 234 Å². The van der Waals surface area contributed by atoms with Crippen molar-refractivity contribution in [1.82, 2.24) is 4.57 Å². The Balaban J connectivity index is 1.84. The maximum atomic E-state index is 13.8. The molecule has 0 saturated heterocycles. The summed E-state index contributed by atoms with van der Waals surface area (Å²) in [4.78, 5) is 42.7. The zero-order chi connectivity index (χ0) is 29.0. The van der Waals surface area contributed by atoms with E-state index in [4.69, 9.17) is 24.1 Å². The number of fused-ring (bicyclic) bond motifs is 1. The highest BCUT2D eigenvalue weighted by Gasteiger charge is 2.34. The molecule has 1 aliphatic heterocycles. The first kappa shape index (κ1) is 28.6. The van der Waals surface area contributed by atoms with Gasteiger partial charge in [-0.2, -0.15) is 0 Å². The number of benzene rings is 2. The second kappa shape index (κ2) is 12.2. The first-order valence-electron chi connectivity index (χ1n) is 12.6. The van der Waals surface area contributed by atoms with Gasteiger partial charge in [0.15, 0.2) is 22.9 Å². The molecule has 0 unspecified atom stereocenters. The Morgan fingerprint density at radius 3 is 2.50 bits per heavy atom. The Morgan fingerprint density at radius 2 is 1.88 bits per heavy atom. The smallest absolute Gasteiger partial charge is 0.341 e. The number of methoxy groups -OCH3 is 1. The van der Waals surface area contributed by atoms with Crippen LogP contribution in [0.5, 0.6) is 17.2 Å². The van der Waals surface area contributed by atoms with Gasteiger partial charge < -0.3 is 24.1 Å². The normalized spacial score (nSPS) is 14.9. The SMILES string of the molecule is CCOC(=O)C1=C(C)N=c2s/c(=C\c3ccc(OCC(=O)O)cc3)c(=O)n2[C@@H]1c1ccc(OC(C)C)c(OC)c1. The summed E-state index contributed by atoms with van der Waals surface area (Å²) in [6.45, 7) is 6.98. The van der Waals surface area contributed by atoms with Crippen molar-refractivity contribution >= 4 is 29.4 Å². The van der Waals surface area contributed by atoms with Crippen molar-refractivity contribution in [3.05, 3.63) is 84.5 Å². The summed E-state index contributed by atoms with van der Waals surface area (Å²) in [7, 11) is 1.53. The minimum atomic E-state index is -1.07. The van der Waals surface area contributed by atoms with Crippen molar-refractivity contribution in [3.8, 4) is 17.2 Å². The number of allylic oxidation sites excluding steroid dienone is 1. The van der Waals surface area contributed by atoms with Gasteiger partial charge in [-0.05, 0) is 69.2 Å². The van der Waals surface area contributed by atoms with E-state index in [1.54, 1.807) is 62.4 Å². The molecule has 210 valence electrons. The van der Waals surface area contributed by atoms with E-state index in [1.165, 1.54) is 23.0 Å². The van der Waals surface area contributed by atoms with Crippen LogP contribution in [0, 0.1) is 0 Å². The molecule has 0 amide bonds. The molecule has 0 radical (unpaired) electrons. The van der Waals surface area contributed by atoms with Crippen molar-refractivity contribution in [1.29, 1.82) is 0 Å². The maximum absolute atomic E-state index is 13.8. The van der Waals surface area contributed by atoms with Gasteiger partial charge in [-0.1, -0.05) is 29.5 Å². The molecule has 4 rings (SSSR count). The third-order valence-electron chi connectivity index (χ3n) is 5.92. The fraction of sp³-hybridized carbons (Fsp3) is 0.310. The molecular formula is C29H30N2O8S. The van der Waals surface area contributed by atoms with Crippen molar-refractivity contribution < 1.29 is 33.6 Å². The molecule has 1 atom stereocenters. The van der Waals surface area contributed by atoms with Crippen LogP contribution < -0.4 is 29.1 Å². The number of esters is 1. The number of ether oxygens (including phenoxy) is 4. The van der Waals surface area contributed by atoms with Gasteiger partial charge in [0.25, 0.3) is 5.56 Å². The molecule has 3 aromatic rings. The molecule has 1 aromatic heterocycles. The number of hydrogen-bond donors (Lipinski definition) is 1. The van der Waals surface area contributed by atoms with Gasteiger partial charge in [0.1, 0.15) is 5.75 Å². The summed E-state index contributed by atoms with van der Waals surface area (Å²) in [6.07, 6.45) is 1.64. The van der Waals surface area contributed by atoms with Crippen LogP contribution in [0.15, 0.2) is 63.5 Å². The lowest BCUT2D eigenvalue weighted by Gasteiger charge is -2.25. The predicted molar refractivity (Wildman–Crippen MR) is 149 cm³/mol. The zero-order valence-electron chi connectivity index (χ0n) is 22.8.